The van der Waals surface area contributed by atoms with Gasteiger partial charge in [-0.25, -0.2) is 9.97 Å². The summed E-state index contributed by atoms with van der Waals surface area (Å²) in [4.78, 5) is 8.13. The first-order chi connectivity index (χ1) is 10.2. The second-order valence-corrected chi connectivity index (χ2v) is 5.20. The Kier molecular flexibility index (Phi) is 3.41. The Morgan fingerprint density at radius 1 is 1.29 bits per heavy atom. The fourth-order valence-electron chi connectivity index (χ4n) is 1.78. The van der Waals surface area contributed by atoms with Crippen molar-refractivity contribution in [1.29, 1.82) is 5.26 Å². The lowest BCUT2D eigenvalue weighted by Crippen LogP contribution is -1.95. The summed E-state index contributed by atoms with van der Waals surface area (Å²) in [6.45, 7) is 1.88. The van der Waals surface area contributed by atoms with Gasteiger partial charge in [-0.1, -0.05) is 0 Å². The number of rotatable bonds is 3. The summed E-state index contributed by atoms with van der Waals surface area (Å²) in [5.41, 5.74) is 1.19. The van der Waals surface area contributed by atoms with Crippen LogP contribution in [0.1, 0.15) is 11.5 Å². The second kappa shape index (κ2) is 5.38. The van der Waals surface area contributed by atoms with Gasteiger partial charge in [0.2, 0.25) is 0 Å². The van der Waals surface area contributed by atoms with Gasteiger partial charge in [-0.05, 0) is 24.8 Å². The molecular weight excluding hydrogens is 288 g/mol. The molecular formula is C13H10N6OS. The van der Waals surface area contributed by atoms with Crippen LogP contribution in [0.4, 0.5) is 0 Å². The smallest absolute Gasteiger partial charge is 0.197 e. The molecule has 0 amide bonds. The van der Waals surface area contributed by atoms with Crippen LogP contribution in [0.15, 0.2) is 39.3 Å². The molecule has 104 valence electrons. The van der Waals surface area contributed by atoms with Gasteiger partial charge in [-0.3, -0.25) is 0 Å². The van der Waals surface area contributed by atoms with Gasteiger partial charge in [0.15, 0.2) is 16.7 Å². The number of aromatic nitrogens is 5. The molecule has 0 unspecified atom stereocenters. The lowest BCUT2D eigenvalue weighted by atomic mass is 10.2. The van der Waals surface area contributed by atoms with Crippen molar-refractivity contribution in [2.75, 3.05) is 0 Å². The first kappa shape index (κ1) is 13.3. The van der Waals surface area contributed by atoms with Crippen molar-refractivity contribution in [3.05, 3.63) is 36.2 Å². The summed E-state index contributed by atoms with van der Waals surface area (Å²) in [6, 6.07) is 3.79. The maximum Gasteiger partial charge on any atom is 0.197 e. The van der Waals surface area contributed by atoms with Crippen molar-refractivity contribution >= 4 is 11.8 Å². The molecule has 0 saturated carbocycles. The highest BCUT2D eigenvalue weighted by Gasteiger charge is 2.15. The summed E-state index contributed by atoms with van der Waals surface area (Å²) >= 11 is 1.33. The monoisotopic (exact) mass is 298 g/mol. The summed E-state index contributed by atoms with van der Waals surface area (Å²) < 4.78 is 7.15. The third-order valence-corrected chi connectivity index (χ3v) is 3.83. The van der Waals surface area contributed by atoms with Crippen LogP contribution in [0.2, 0.25) is 0 Å². The number of aryl methyl sites for hydroxylation is 1. The van der Waals surface area contributed by atoms with E-state index in [1.807, 2.05) is 30.7 Å². The predicted octanol–water partition coefficient (Wildman–Crippen LogP) is 2.20. The summed E-state index contributed by atoms with van der Waals surface area (Å²) in [6.07, 6.45) is 4.60. The summed E-state index contributed by atoms with van der Waals surface area (Å²) in [5, 5.41) is 18.4. The van der Waals surface area contributed by atoms with E-state index in [1.165, 1.54) is 18.0 Å². The van der Waals surface area contributed by atoms with Gasteiger partial charge in [-0.15, -0.1) is 10.2 Å². The van der Waals surface area contributed by atoms with Crippen LogP contribution in [0.5, 0.6) is 0 Å². The lowest BCUT2D eigenvalue weighted by molar-refractivity contribution is 0.534. The Labute approximate surface area is 124 Å². The Morgan fingerprint density at radius 3 is 2.76 bits per heavy atom. The molecule has 0 aliphatic heterocycles. The molecule has 0 aromatic carbocycles. The summed E-state index contributed by atoms with van der Waals surface area (Å²) in [5.74, 6) is 1.52. The minimum Gasteiger partial charge on any atom is -0.469 e. The van der Waals surface area contributed by atoms with E-state index in [9.17, 15) is 0 Å². The number of nitrogens with zero attached hydrogens (tertiary/aromatic N) is 6. The van der Waals surface area contributed by atoms with Gasteiger partial charge in [0, 0.05) is 7.05 Å². The molecule has 0 radical (unpaired) electrons. The van der Waals surface area contributed by atoms with Gasteiger partial charge in [0.1, 0.15) is 16.9 Å². The van der Waals surface area contributed by atoms with E-state index in [0.717, 1.165) is 17.1 Å². The molecule has 0 fully saturated rings. The largest absolute Gasteiger partial charge is 0.469 e. The Balaban J connectivity index is 1.89. The predicted molar refractivity (Wildman–Crippen MR) is 74.3 cm³/mol. The molecule has 21 heavy (non-hydrogen) atoms. The number of hydrogen-bond donors (Lipinski definition) is 0. The molecule has 8 heteroatoms. The van der Waals surface area contributed by atoms with Crippen LogP contribution in [-0.4, -0.2) is 24.7 Å². The van der Waals surface area contributed by atoms with Crippen LogP contribution in [0, 0.1) is 18.3 Å². The maximum atomic E-state index is 8.70. The quantitative estimate of drug-likeness (QED) is 0.731. The molecule has 0 atom stereocenters. The van der Waals surface area contributed by atoms with Crippen LogP contribution < -0.4 is 0 Å². The maximum absolute atomic E-state index is 8.70. The number of furan rings is 1. The van der Waals surface area contributed by atoms with Crippen LogP contribution in [-0.2, 0) is 7.05 Å². The molecule has 7 nitrogen and oxygen atoms in total. The zero-order valence-corrected chi connectivity index (χ0v) is 12.1. The second-order valence-electron chi connectivity index (χ2n) is 4.21. The van der Waals surface area contributed by atoms with E-state index in [-0.39, 0.29) is 5.69 Å². The average Bonchev–Trinajstić information content (AvgIpc) is 3.07. The minimum atomic E-state index is 0.284. The van der Waals surface area contributed by atoms with Crippen molar-refractivity contribution in [3.8, 4) is 17.5 Å². The first-order valence-electron chi connectivity index (χ1n) is 6.03. The SMILES string of the molecule is Cc1occc1-c1nnc(Sc2cnc(C#N)cn2)n1C. The molecule has 0 N–H and O–H groups in total. The first-order valence-corrected chi connectivity index (χ1v) is 6.84. The average molecular weight is 298 g/mol. The normalized spacial score (nSPS) is 10.5. The molecule has 0 bridgehead atoms. The molecule has 3 heterocycles. The zero-order chi connectivity index (χ0) is 14.8. The Morgan fingerprint density at radius 2 is 2.14 bits per heavy atom. The molecule has 0 spiro atoms. The molecule has 0 aliphatic carbocycles. The molecule has 3 aromatic rings. The number of nitriles is 1. The van der Waals surface area contributed by atoms with E-state index in [2.05, 4.69) is 20.2 Å². The van der Waals surface area contributed by atoms with Crippen molar-refractivity contribution in [3.63, 3.8) is 0 Å². The van der Waals surface area contributed by atoms with E-state index >= 15 is 0 Å². The molecule has 3 aromatic heterocycles. The van der Waals surface area contributed by atoms with Crippen molar-refractivity contribution in [1.82, 2.24) is 24.7 Å². The fraction of sp³-hybridized carbons (Fsp3) is 0.154. The highest BCUT2D eigenvalue weighted by Crippen LogP contribution is 2.28. The van der Waals surface area contributed by atoms with Crippen LogP contribution in [0.25, 0.3) is 11.4 Å². The highest BCUT2D eigenvalue weighted by atomic mass is 32.2. The van der Waals surface area contributed by atoms with E-state index in [1.54, 1.807) is 12.5 Å². The zero-order valence-electron chi connectivity index (χ0n) is 11.3. The van der Waals surface area contributed by atoms with E-state index in [0.29, 0.717) is 10.2 Å². The standard InChI is InChI=1S/C13H10N6OS/c1-8-10(3-4-20-8)12-17-18-13(19(12)2)21-11-7-15-9(5-14)6-16-11/h3-4,6-7H,1-2H3. The van der Waals surface area contributed by atoms with Gasteiger partial charge in [0.05, 0.1) is 24.2 Å². The third-order valence-electron chi connectivity index (χ3n) is 2.87. The highest BCUT2D eigenvalue weighted by molar-refractivity contribution is 7.99. The van der Waals surface area contributed by atoms with Gasteiger partial charge < -0.3 is 8.98 Å². The van der Waals surface area contributed by atoms with Gasteiger partial charge in [0.25, 0.3) is 0 Å². The van der Waals surface area contributed by atoms with Gasteiger partial charge in [-0.2, -0.15) is 5.26 Å². The van der Waals surface area contributed by atoms with Crippen LogP contribution in [0.3, 0.4) is 0 Å². The lowest BCUT2D eigenvalue weighted by Gasteiger charge is -2.02. The molecule has 0 saturated heterocycles. The van der Waals surface area contributed by atoms with E-state index in [4.69, 9.17) is 9.68 Å². The van der Waals surface area contributed by atoms with Crippen molar-refractivity contribution in [2.45, 2.75) is 17.1 Å². The third kappa shape index (κ3) is 2.51. The molecule has 0 aliphatic rings. The van der Waals surface area contributed by atoms with Crippen molar-refractivity contribution < 1.29 is 4.42 Å². The van der Waals surface area contributed by atoms with Crippen LogP contribution >= 0.6 is 11.8 Å². The Bertz CT molecular complexity index is 814. The Hall–Kier alpha value is -2.66. The van der Waals surface area contributed by atoms with Gasteiger partial charge >= 0.3 is 0 Å². The number of hydrogen-bond acceptors (Lipinski definition) is 7. The summed E-state index contributed by atoms with van der Waals surface area (Å²) in [7, 11) is 1.88. The fourth-order valence-corrected chi connectivity index (χ4v) is 2.48. The van der Waals surface area contributed by atoms with Crippen molar-refractivity contribution in [2.24, 2.45) is 7.05 Å². The van der Waals surface area contributed by atoms with E-state index < -0.39 is 0 Å². The minimum absolute atomic E-state index is 0.284. The molecule has 3 rings (SSSR count). The topological polar surface area (TPSA) is 93.4 Å².